The fraction of sp³-hybridized carbons (Fsp3) is 0.737. The number of carboxylic acids is 1. The summed E-state index contributed by atoms with van der Waals surface area (Å²) < 4.78 is 0. The third-order valence-electron chi connectivity index (χ3n) is 4.69. The smallest absolute Gasteiger partial charge is 0.326 e. The highest BCUT2D eigenvalue weighted by atomic mass is 32.1. The first-order valence-corrected chi connectivity index (χ1v) is 10.8. The quantitative estimate of drug-likeness (QED) is 0.157. The molecule has 5 atom stereocenters. The molecule has 0 saturated heterocycles. The number of thiol groups is 1. The Labute approximate surface area is 187 Å². The van der Waals surface area contributed by atoms with Crippen LogP contribution in [0.3, 0.4) is 0 Å². The van der Waals surface area contributed by atoms with E-state index in [9.17, 15) is 29.1 Å². The van der Waals surface area contributed by atoms with E-state index in [1.54, 1.807) is 6.92 Å². The summed E-state index contributed by atoms with van der Waals surface area (Å²) in [6.07, 6.45) is 0.184. The molecule has 0 radical (unpaired) electrons. The molecule has 0 bridgehead atoms. The van der Waals surface area contributed by atoms with E-state index in [2.05, 4.69) is 28.6 Å². The van der Waals surface area contributed by atoms with Crippen LogP contribution >= 0.6 is 12.6 Å². The Morgan fingerprint density at radius 1 is 0.935 bits per heavy atom. The van der Waals surface area contributed by atoms with Crippen LogP contribution in [0.25, 0.3) is 0 Å². The van der Waals surface area contributed by atoms with E-state index >= 15 is 0 Å². The first kappa shape index (κ1) is 28.7. The predicted molar refractivity (Wildman–Crippen MR) is 118 cm³/mol. The molecule has 0 fully saturated rings. The van der Waals surface area contributed by atoms with Gasteiger partial charge in [0.05, 0.1) is 12.5 Å². The maximum absolute atomic E-state index is 12.9. The van der Waals surface area contributed by atoms with Crippen molar-refractivity contribution in [3.63, 3.8) is 0 Å². The molecule has 8 N–H and O–H groups in total. The molecule has 0 aliphatic carbocycles. The molecule has 0 heterocycles. The van der Waals surface area contributed by atoms with Gasteiger partial charge in [-0.15, -0.1) is 0 Å². The molecule has 0 rings (SSSR count). The highest BCUT2D eigenvalue weighted by Gasteiger charge is 2.32. The number of carboxylic acid groups (broad SMARTS) is 1. The van der Waals surface area contributed by atoms with Crippen LogP contribution < -0.4 is 27.4 Å². The Morgan fingerprint density at radius 2 is 1.48 bits per heavy atom. The molecule has 11 nitrogen and oxygen atoms in total. The summed E-state index contributed by atoms with van der Waals surface area (Å²) in [4.78, 5) is 60.2. The van der Waals surface area contributed by atoms with E-state index in [4.69, 9.17) is 11.5 Å². The van der Waals surface area contributed by atoms with Gasteiger partial charge in [0.1, 0.15) is 18.1 Å². The van der Waals surface area contributed by atoms with Crippen molar-refractivity contribution in [3.8, 4) is 0 Å². The third-order valence-corrected chi connectivity index (χ3v) is 5.08. The molecule has 178 valence electrons. The Kier molecular flexibility index (Phi) is 12.8. The zero-order valence-corrected chi connectivity index (χ0v) is 19.3. The average molecular weight is 462 g/mol. The highest BCUT2D eigenvalue weighted by Crippen LogP contribution is 2.11. The van der Waals surface area contributed by atoms with Crippen molar-refractivity contribution in [2.24, 2.45) is 23.3 Å². The van der Waals surface area contributed by atoms with E-state index in [-0.39, 0.29) is 24.0 Å². The lowest BCUT2D eigenvalue weighted by Gasteiger charge is -2.28. The van der Waals surface area contributed by atoms with Gasteiger partial charge in [-0.3, -0.25) is 19.2 Å². The Morgan fingerprint density at radius 3 is 1.90 bits per heavy atom. The normalized spacial score (nSPS) is 15.8. The van der Waals surface area contributed by atoms with Crippen LogP contribution in [-0.2, 0) is 24.0 Å². The van der Waals surface area contributed by atoms with Crippen LogP contribution in [0.1, 0.15) is 47.0 Å². The first-order valence-electron chi connectivity index (χ1n) is 10.1. The summed E-state index contributed by atoms with van der Waals surface area (Å²) in [5.41, 5.74) is 10.7. The topological polar surface area (TPSA) is 194 Å². The average Bonchev–Trinajstić information content (AvgIpc) is 2.68. The fourth-order valence-corrected chi connectivity index (χ4v) is 2.85. The maximum Gasteiger partial charge on any atom is 0.326 e. The summed E-state index contributed by atoms with van der Waals surface area (Å²) in [6.45, 7) is 7.26. The number of rotatable bonds is 14. The summed E-state index contributed by atoms with van der Waals surface area (Å²) >= 11 is 3.98. The van der Waals surface area contributed by atoms with Gasteiger partial charge in [-0.25, -0.2) is 4.79 Å². The second-order valence-electron chi connectivity index (χ2n) is 7.92. The summed E-state index contributed by atoms with van der Waals surface area (Å²) in [5, 5.41) is 16.6. The van der Waals surface area contributed by atoms with Crippen molar-refractivity contribution in [1.29, 1.82) is 0 Å². The molecule has 0 aromatic carbocycles. The number of hydrogen-bond acceptors (Lipinski definition) is 7. The lowest BCUT2D eigenvalue weighted by Crippen LogP contribution is -2.59. The monoisotopic (exact) mass is 461 g/mol. The zero-order valence-electron chi connectivity index (χ0n) is 18.4. The lowest BCUT2D eigenvalue weighted by molar-refractivity contribution is -0.144. The third kappa shape index (κ3) is 10.5. The van der Waals surface area contributed by atoms with Crippen molar-refractivity contribution in [3.05, 3.63) is 0 Å². The molecular weight excluding hydrogens is 426 g/mol. The maximum atomic E-state index is 12.9. The largest absolute Gasteiger partial charge is 0.480 e. The van der Waals surface area contributed by atoms with Gasteiger partial charge in [0.15, 0.2) is 0 Å². The molecule has 12 heteroatoms. The van der Waals surface area contributed by atoms with E-state index in [0.717, 1.165) is 0 Å². The van der Waals surface area contributed by atoms with Gasteiger partial charge in [0, 0.05) is 5.75 Å². The van der Waals surface area contributed by atoms with E-state index in [0.29, 0.717) is 6.42 Å². The number of carbonyl (C=O) groups is 5. The standard InChI is InChI=1S/C19H35N5O6S/c1-5-10(4)15(24-16(26)11(20)8-31)18(28)22-12(6-9(2)3)17(27)23-13(19(29)30)7-14(21)25/h9-13,15,31H,5-8,20H2,1-4H3,(H2,21,25)(H,22,28)(H,23,27)(H,24,26)(H,29,30). The second kappa shape index (κ2) is 13.9. The van der Waals surface area contributed by atoms with Gasteiger partial charge < -0.3 is 32.5 Å². The Bertz CT molecular complexity index is 660. The van der Waals surface area contributed by atoms with Gasteiger partial charge in [-0.1, -0.05) is 34.1 Å². The number of carbonyl (C=O) groups excluding carboxylic acids is 4. The van der Waals surface area contributed by atoms with Crippen LogP contribution in [0.5, 0.6) is 0 Å². The van der Waals surface area contributed by atoms with Crippen LogP contribution in [0.2, 0.25) is 0 Å². The predicted octanol–water partition coefficient (Wildman–Crippen LogP) is -1.25. The summed E-state index contributed by atoms with van der Waals surface area (Å²) in [6, 6.07) is -4.45. The number of hydrogen-bond donors (Lipinski definition) is 7. The van der Waals surface area contributed by atoms with Crippen molar-refractivity contribution in [1.82, 2.24) is 16.0 Å². The van der Waals surface area contributed by atoms with Crippen LogP contribution in [0.4, 0.5) is 0 Å². The Balaban J connectivity index is 5.54. The van der Waals surface area contributed by atoms with Crippen molar-refractivity contribution >= 4 is 42.2 Å². The number of primary amides is 1. The molecule has 0 saturated carbocycles. The fourth-order valence-electron chi connectivity index (χ4n) is 2.68. The van der Waals surface area contributed by atoms with Gasteiger partial charge in [0.25, 0.3) is 0 Å². The number of amides is 4. The molecule has 0 spiro atoms. The second-order valence-corrected chi connectivity index (χ2v) is 8.29. The molecule has 5 unspecified atom stereocenters. The number of nitrogens with two attached hydrogens (primary N) is 2. The van der Waals surface area contributed by atoms with E-state index in [1.165, 1.54) is 0 Å². The molecule has 0 aliphatic heterocycles. The Hall–Kier alpha value is -2.34. The SMILES string of the molecule is CCC(C)C(NC(=O)C(N)CS)C(=O)NC(CC(C)C)C(=O)NC(CC(N)=O)C(=O)O. The molecule has 0 aromatic heterocycles. The zero-order chi connectivity index (χ0) is 24.3. The minimum absolute atomic E-state index is 0.0234. The van der Waals surface area contributed by atoms with Gasteiger partial charge in [0.2, 0.25) is 23.6 Å². The highest BCUT2D eigenvalue weighted by molar-refractivity contribution is 7.80. The van der Waals surface area contributed by atoms with Crippen molar-refractivity contribution in [2.45, 2.75) is 71.1 Å². The summed E-state index contributed by atoms with van der Waals surface area (Å²) in [7, 11) is 0. The van der Waals surface area contributed by atoms with Gasteiger partial charge in [-0.05, 0) is 18.3 Å². The minimum atomic E-state index is -1.52. The summed E-state index contributed by atoms with van der Waals surface area (Å²) in [5.74, 6) is -4.42. The number of nitrogens with one attached hydrogen (secondary N) is 3. The van der Waals surface area contributed by atoms with Crippen molar-refractivity contribution in [2.75, 3.05) is 5.75 Å². The van der Waals surface area contributed by atoms with Gasteiger partial charge >= 0.3 is 5.97 Å². The van der Waals surface area contributed by atoms with Gasteiger partial charge in [-0.2, -0.15) is 12.6 Å². The molecule has 31 heavy (non-hydrogen) atoms. The van der Waals surface area contributed by atoms with E-state index in [1.807, 2.05) is 20.8 Å². The molecule has 4 amide bonds. The first-order chi connectivity index (χ1) is 14.3. The van der Waals surface area contributed by atoms with Crippen LogP contribution in [-0.4, -0.2) is 64.6 Å². The van der Waals surface area contributed by atoms with Crippen LogP contribution in [0, 0.1) is 11.8 Å². The van der Waals surface area contributed by atoms with Crippen LogP contribution in [0.15, 0.2) is 0 Å². The number of aliphatic carboxylic acids is 1. The van der Waals surface area contributed by atoms with Crippen molar-refractivity contribution < 1.29 is 29.1 Å². The minimum Gasteiger partial charge on any atom is -0.480 e. The lowest BCUT2D eigenvalue weighted by atomic mass is 9.96. The van der Waals surface area contributed by atoms with E-state index < -0.39 is 60.2 Å². The molecule has 0 aliphatic rings. The molecular formula is C19H35N5O6S. The molecule has 0 aromatic rings.